The topological polar surface area (TPSA) is 90.1 Å². The van der Waals surface area contributed by atoms with E-state index in [2.05, 4.69) is 17.3 Å². The zero-order valence-electron chi connectivity index (χ0n) is 14.9. The van der Waals surface area contributed by atoms with Crippen molar-refractivity contribution in [3.8, 4) is 0 Å². The Morgan fingerprint density at radius 1 is 1.24 bits per heavy atom. The van der Waals surface area contributed by atoms with E-state index in [-0.39, 0.29) is 18.1 Å². The molecule has 0 bridgehead atoms. The van der Waals surface area contributed by atoms with Crippen molar-refractivity contribution < 1.29 is 9.72 Å². The van der Waals surface area contributed by atoms with Crippen molar-refractivity contribution >= 4 is 17.3 Å². The fourth-order valence-corrected chi connectivity index (χ4v) is 2.78. The number of carbonyl (C=O) groups is 1. The van der Waals surface area contributed by atoms with Gasteiger partial charge in [0.1, 0.15) is 17.9 Å². The van der Waals surface area contributed by atoms with Gasteiger partial charge in [-0.15, -0.1) is 0 Å². The van der Waals surface area contributed by atoms with Gasteiger partial charge in [-0.3, -0.25) is 19.6 Å². The number of hydrogen-bond donors (Lipinski definition) is 1. The lowest BCUT2D eigenvalue weighted by atomic mass is 10.1. The molecule has 0 aliphatic carbocycles. The second kappa shape index (κ2) is 8.41. The number of nitrogens with zero attached hydrogens (tertiary/aromatic N) is 3. The number of rotatable bonds is 8. The van der Waals surface area contributed by atoms with Crippen LogP contribution in [0, 0.1) is 24.0 Å². The Morgan fingerprint density at radius 3 is 2.48 bits per heavy atom. The van der Waals surface area contributed by atoms with Gasteiger partial charge >= 0.3 is 5.69 Å². The molecule has 7 heteroatoms. The lowest BCUT2D eigenvalue weighted by molar-refractivity contribution is -0.386. The molecule has 2 rings (SSSR count). The lowest BCUT2D eigenvalue weighted by Crippen LogP contribution is -2.20. The van der Waals surface area contributed by atoms with Crippen LogP contribution in [0.25, 0.3) is 0 Å². The summed E-state index contributed by atoms with van der Waals surface area (Å²) in [6.07, 6.45) is 4.61. The van der Waals surface area contributed by atoms with Gasteiger partial charge in [-0.05, 0) is 44.4 Å². The number of nitrogens with one attached hydrogen (secondary N) is 1. The largest absolute Gasteiger partial charge is 0.324 e. The maximum atomic E-state index is 12.2. The summed E-state index contributed by atoms with van der Waals surface area (Å²) in [5, 5.41) is 17.9. The van der Waals surface area contributed by atoms with Crippen LogP contribution in [0.15, 0.2) is 24.3 Å². The molecule has 0 atom stereocenters. The first-order valence-electron chi connectivity index (χ1n) is 8.49. The molecule has 1 amide bonds. The van der Waals surface area contributed by atoms with Crippen LogP contribution in [0.2, 0.25) is 0 Å². The van der Waals surface area contributed by atoms with Crippen LogP contribution in [-0.4, -0.2) is 20.6 Å². The summed E-state index contributed by atoms with van der Waals surface area (Å²) in [5.74, 6) is -0.265. The maximum Gasteiger partial charge on any atom is 0.312 e. The summed E-state index contributed by atoms with van der Waals surface area (Å²) in [4.78, 5) is 22.7. The van der Waals surface area contributed by atoms with Gasteiger partial charge in [-0.25, -0.2) is 0 Å². The predicted molar refractivity (Wildman–Crippen MR) is 96.7 cm³/mol. The Balaban J connectivity index is 1.96. The monoisotopic (exact) mass is 344 g/mol. The Kier molecular flexibility index (Phi) is 6.27. The SMILES string of the molecule is CCCCCc1ccc(NC(=O)Cn2nc(C)c([N+](=O)[O-])c2C)cc1. The molecule has 7 nitrogen and oxygen atoms in total. The zero-order valence-corrected chi connectivity index (χ0v) is 14.9. The van der Waals surface area contributed by atoms with Crippen LogP contribution in [0.3, 0.4) is 0 Å². The van der Waals surface area contributed by atoms with Crippen LogP contribution in [0.1, 0.15) is 43.1 Å². The number of nitro groups is 1. The summed E-state index contributed by atoms with van der Waals surface area (Å²) >= 11 is 0. The van der Waals surface area contributed by atoms with Crippen LogP contribution >= 0.6 is 0 Å². The first-order valence-corrected chi connectivity index (χ1v) is 8.49. The minimum Gasteiger partial charge on any atom is -0.324 e. The number of aromatic nitrogens is 2. The highest BCUT2D eigenvalue weighted by Gasteiger charge is 2.22. The van der Waals surface area contributed by atoms with Gasteiger partial charge in [0.05, 0.1) is 4.92 Å². The van der Waals surface area contributed by atoms with Crippen molar-refractivity contribution in [2.24, 2.45) is 0 Å². The molecule has 1 heterocycles. The van der Waals surface area contributed by atoms with E-state index in [1.165, 1.54) is 29.5 Å². The minimum absolute atomic E-state index is 0.0377. The number of benzene rings is 1. The molecule has 1 N–H and O–H groups in total. The average molecular weight is 344 g/mol. The van der Waals surface area contributed by atoms with E-state index < -0.39 is 4.92 Å². The van der Waals surface area contributed by atoms with E-state index >= 15 is 0 Å². The number of carbonyl (C=O) groups excluding carboxylic acids is 1. The highest BCUT2D eigenvalue weighted by molar-refractivity contribution is 5.90. The molecule has 0 radical (unpaired) electrons. The Morgan fingerprint density at radius 2 is 1.92 bits per heavy atom. The van der Waals surface area contributed by atoms with E-state index in [0.29, 0.717) is 17.1 Å². The molecule has 1 aromatic heterocycles. The molecule has 0 aliphatic heterocycles. The third kappa shape index (κ3) is 4.89. The number of aryl methyl sites for hydroxylation is 2. The molecule has 0 spiro atoms. The first-order chi connectivity index (χ1) is 11.9. The van der Waals surface area contributed by atoms with Gasteiger partial charge in [0.2, 0.25) is 5.91 Å². The lowest BCUT2D eigenvalue weighted by Gasteiger charge is -2.07. The van der Waals surface area contributed by atoms with Crippen LogP contribution < -0.4 is 5.32 Å². The molecule has 0 saturated carbocycles. The van der Waals surface area contributed by atoms with Gasteiger partial charge in [0, 0.05) is 5.69 Å². The van der Waals surface area contributed by atoms with Crippen LogP contribution in [0.5, 0.6) is 0 Å². The summed E-state index contributed by atoms with van der Waals surface area (Å²) < 4.78 is 1.36. The van der Waals surface area contributed by atoms with E-state index in [1.54, 1.807) is 13.8 Å². The highest BCUT2D eigenvalue weighted by Crippen LogP contribution is 2.21. The van der Waals surface area contributed by atoms with Crippen molar-refractivity contribution in [3.05, 3.63) is 51.3 Å². The van der Waals surface area contributed by atoms with Gasteiger partial charge in [-0.2, -0.15) is 5.10 Å². The van der Waals surface area contributed by atoms with Crippen molar-refractivity contribution in [3.63, 3.8) is 0 Å². The van der Waals surface area contributed by atoms with Crippen LogP contribution in [-0.2, 0) is 17.8 Å². The fourth-order valence-electron chi connectivity index (χ4n) is 2.78. The molecular weight excluding hydrogens is 320 g/mol. The molecule has 0 saturated heterocycles. The molecule has 0 aliphatic rings. The van der Waals surface area contributed by atoms with Crippen molar-refractivity contribution in [1.29, 1.82) is 0 Å². The summed E-state index contributed by atoms with van der Waals surface area (Å²) in [5.41, 5.74) is 2.61. The van der Waals surface area contributed by atoms with E-state index in [4.69, 9.17) is 0 Å². The van der Waals surface area contributed by atoms with Crippen molar-refractivity contribution in [1.82, 2.24) is 9.78 Å². The fraction of sp³-hybridized carbons (Fsp3) is 0.444. The maximum absolute atomic E-state index is 12.2. The number of unbranched alkanes of at least 4 members (excludes halogenated alkanes) is 2. The standard InChI is InChI=1S/C18H24N4O3/c1-4-5-6-7-15-8-10-16(11-9-15)19-17(23)12-21-14(3)18(22(24)25)13(2)20-21/h8-11H,4-7,12H2,1-3H3,(H,19,23). The van der Waals surface area contributed by atoms with Crippen LogP contribution in [0.4, 0.5) is 11.4 Å². The normalized spacial score (nSPS) is 10.7. The summed E-state index contributed by atoms with van der Waals surface area (Å²) in [6, 6.07) is 7.78. The molecule has 1 aromatic carbocycles. The van der Waals surface area contributed by atoms with E-state index in [1.807, 2.05) is 24.3 Å². The molecule has 2 aromatic rings. The van der Waals surface area contributed by atoms with Gasteiger partial charge in [0.25, 0.3) is 0 Å². The first kappa shape index (κ1) is 18.6. The second-order valence-electron chi connectivity index (χ2n) is 6.14. The molecule has 134 valence electrons. The number of amides is 1. The number of anilines is 1. The molecular formula is C18H24N4O3. The third-order valence-corrected chi connectivity index (χ3v) is 4.13. The van der Waals surface area contributed by atoms with Gasteiger partial charge < -0.3 is 5.32 Å². The van der Waals surface area contributed by atoms with Crippen molar-refractivity contribution in [2.75, 3.05) is 5.32 Å². The molecule has 0 fully saturated rings. The highest BCUT2D eigenvalue weighted by atomic mass is 16.6. The van der Waals surface area contributed by atoms with Crippen molar-refractivity contribution in [2.45, 2.75) is 53.0 Å². The third-order valence-electron chi connectivity index (χ3n) is 4.13. The summed E-state index contributed by atoms with van der Waals surface area (Å²) in [6.45, 7) is 5.28. The average Bonchev–Trinajstić information content (AvgIpc) is 2.83. The molecule has 0 unspecified atom stereocenters. The molecule has 25 heavy (non-hydrogen) atoms. The zero-order chi connectivity index (χ0) is 18.4. The minimum atomic E-state index is -0.469. The van der Waals surface area contributed by atoms with E-state index in [0.717, 1.165) is 6.42 Å². The Bertz CT molecular complexity index is 750. The van der Waals surface area contributed by atoms with Gasteiger partial charge in [-0.1, -0.05) is 31.9 Å². The Labute approximate surface area is 147 Å². The second-order valence-corrected chi connectivity index (χ2v) is 6.14. The van der Waals surface area contributed by atoms with E-state index in [9.17, 15) is 14.9 Å². The Hall–Kier alpha value is -2.70. The quantitative estimate of drug-likeness (QED) is 0.448. The number of hydrogen-bond acceptors (Lipinski definition) is 4. The summed E-state index contributed by atoms with van der Waals surface area (Å²) in [7, 11) is 0. The smallest absolute Gasteiger partial charge is 0.312 e. The van der Waals surface area contributed by atoms with Gasteiger partial charge in [0.15, 0.2) is 0 Å². The predicted octanol–water partition coefficient (Wildman–Crippen LogP) is 3.78.